The van der Waals surface area contributed by atoms with Crippen LogP contribution in [-0.2, 0) is 6.54 Å². The monoisotopic (exact) mass is 516 g/mol. The van der Waals surface area contributed by atoms with Gasteiger partial charge < -0.3 is 20.1 Å². The lowest BCUT2D eigenvalue weighted by atomic mass is 10.2. The van der Waals surface area contributed by atoms with Gasteiger partial charge in [-0.1, -0.05) is 6.07 Å². The zero-order chi connectivity index (χ0) is 19.9. The predicted octanol–water partition coefficient (Wildman–Crippen LogP) is 3.01. The average molecular weight is 516 g/mol. The first-order valence-electron chi connectivity index (χ1n) is 8.90. The third kappa shape index (κ3) is 7.90. The van der Waals surface area contributed by atoms with Gasteiger partial charge in [-0.2, -0.15) is 13.2 Å². The number of guanidine groups is 1. The van der Waals surface area contributed by atoms with E-state index in [0.717, 1.165) is 5.56 Å². The van der Waals surface area contributed by atoms with Gasteiger partial charge in [0.1, 0.15) is 0 Å². The number of likely N-dealkylation sites (tertiary alicyclic amines) is 1. The summed E-state index contributed by atoms with van der Waals surface area (Å²) in [5.74, 6) is 1.89. The van der Waals surface area contributed by atoms with Crippen molar-refractivity contribution in [3.05, 3.63) is 23.8 Å². The molecule has 2 N–H and O–H groups in total. The highest BCUT2D eigenvalue weighted by Crippen LogP contribution is 2.28. The smallest absolute Gasteiger partial charge is 0.401 e. The number of aliphatic imine (C=N–C) groups is 1. The van der Waals surface area contributed by atoms with Crippen molar-refractivity contribution in [3.63, 3.8) is 0 Å². The van der Waals surface area contributed by atoms with Crippen LogP contribution in [0.3, 0.4) is 0 Å². The van der Waals surface area contributed by atoms with Crippen molar-refractivity contribution in [2.75, 3.05) is 40.4 Å². The lowest BCUT2D eigenvalue weighted by Gasteiger charge is -2.20. The van der Waals surface area contributed by atoms with Crippen molar-refractivity contribution >= 4 is 29.9 Å². The van der Waals surface area contributed by atoms with Crippen molar-refractivity contribution in [2.45, 2.75) is 32.1 Å². The second kappa shape index (κ2) is 11.5. The summed E-state index contributed by atoms with van der Waals surface area (Å²) < 4.78 is 48.3. The molecular formula is C18H28F3IN4O2. The fourth-order valence-electron chi connectivity index (χ4n) is 3.02. The van der Waals surface area contributed by atoms with Crippen LogP contribution in [0.5, 0.6) is 11.5 Å². The highest BCUT2D eigenvalue weighted by atomic mass is 127. The number of hydrogen-bond donors (Lipinski definition) is 2. The molecule has 1 fully saturated rings. The van der Waals surface area contributed by atoms with Gasteiger partial charge in [-0.15, -0.1) is 24.0 Å². The van der Waals surface area contributed by atoms with E-state index in [0.29, 0.717) is 50.1 Å². The summed E-state index contributed by atoms with van der Waals surface area (Å²) in [5.41, 5.74) is 0.979. The molecule has 28 heavy (non-hydrogen) atoms. The summed E-state index contributed by atoms with van der Waals surface area (Å²) in [6, 6.07) is 5.59. The maximum Gasteiger partial charge on any atom is 0.401 e. The molecule has 1 aliphatic heterocycles. The first-order chi connectivity index (χ1) is 12.8. The van der Waals surface area contributed by atoms with Gasteiger partial charge in [-0.05, 0) is 31.0 Å². The summed E-state index contributed by atoms with van der Waals surface area (Å²) >= 11 is 0. The normalized spacial score (nSPS) is 17.8. The van der Waals surface area contributed by atoms with Crippen LogP contribution in [0.2, 0.25) is 0 Å². The van der Waals surface area contributed by atoms with Gasteiger partial charge in [0.05, 0.1) is 20.3 Å². The van der Waals surface area contributed by atoms with E-state index >= 15 is 0 Å². The predicted molar refractivity (Wildman–Crippen MR) is 114 cm³/mol. The quantitative estimate of drug-likeness (QED) is 0.332. The molecule has 0 aromatic heterocycles. The van der Waals surface area contributed by atoms with Gasteiger partial charge >= 0.3 is 6.18 Å². The summed E-state index contributed by atoms with van der Waals surface area (Å²) in [6.45, 7) is 2.83. The van der Waals surface area contributed by atoms with Crippen LogP contribution in [0.4, 0.5) is 13.2 Å². The lowest BCUT2D eigenvalue weighted by Crippen LogP contribution is -2.44. The molecule has 0 bridgehead atoms. The molecule has 10 heteroatoms. The third-order valence-electron chi connectivity index (χ3n) is 4.23. The minimum absolute atomic E-state index is 0. The number of nitrogens with one attached hydrogen (secondary N) is 2. The molecule has 1 atom stereocenters. The summed E-state index contributed by atoms with van der Waals surface area (Å²) in [4.78, 5) is 5.56. The number of rotatable bonds is 7. The SMILES string of the molecule is CCOc1cc(CNC(=NC)NC2CCN(CC(F)(F)F)C2)ccc1OC.I. The highest BCUT2D eigenvalue weighted by Gasteiger charge is 2.34. The molecule has 1 aromatic rings. The van der Waals surface area contributed by atoms with E-state index < -0.39 is 12.7 Å². The molecule has 1 aromatic carbocycles. The minimum Gasteiger partial charge on any atom is -0.493 e. The Morgan fingerprint density at radius 1 is 1.32 bits per heavy atom. The average Bonchev–Trinajstić information content (AvgIpc) is 3.04. The van der Waals surface area contributed by atoms with Gasteiger partial charge in [0, 0.05) is 32.7 Å². The second-order valence-electron chi connectivity index (χ2n) is 6.32. The van der Waals surface area contributed by atoms with Crippen LogP contribution < -0.4 is 20.1 Å². The Hall–Kier alpha value is -1.43. The number of alkyl halides is 3. The Labute approximate surface area is 180 Å². The zero-order valence-electron chi connectivity index (χ0n) is 16.3. The van der Waals surface area contributed by atoms with Crippen LogP contribution in [0.15, 0.2) is 23.2 Å². The number of methoxy groups -OCH3 is 1. The minimum atomic E-state index is -4.17. The molecule has 0 spiro atoms. The van der Waals surface area contributed by atoms with Gasteiger partial charge in [0.15, 0.2) is 17.5 Å². The number of nitrogens with zero attached hydrogens (tertiary/aromatic N) is 2. The van der Waals surface area contributed by atoms with Crippen LogP contribution >= 0.6 is 24.0 Å². The molecule has 1 unspecified atom stereocenters. The Balaban J connectivity index is 0.00000392. The molecule has 0 saturated carbocycles. The molecule has 160 valence electrons. The van der Waals surface area contributed by atoms with Crippen LogP contribution in [0.1, 0.15) is 18.9 Å². The Morgan fingerprint density at radius 3 is 2.68 bits per heavy atom. The molecule has 1 heterocycles. The third-order valence-corrected chi connectivity index (χ3v) is 4.23. The summed E-state index contributed by atoms with van der Waals surface area (Å²) in [6.07, 6.45) is -3.52. The van der Waals surface area contributed by atoms with Gasteiger partial charge in [0.25, 0.3) is 0 Å². The van der Waals surface area contributed by atoms with Gasteiger partial charge in [-0.25, -0.2) is 0 Å². The molecule has 0 aliphatic carbocycles. The van der Waals surface area contributed by atoms with E-state index in [1.54, 1.807) is 14.2 Å². The molecule has 0 radical (unpaired) electrons. The molecule has 1 saturated heterocycles. The molecule has 6 nitrogen and oxygen atoms in total. The maximum absolute atomic E-state index is 12.5. The molecule has 0 amide bonds. The zero-order valence-corrected chi connectivity index (χ0v) is 18.6. The number of benzene rings is 1. The van der Waals surface area contributed by atoms with E-state index in [2.05, 4.69) is 15.6 Å². The van der Waals surface area contributed by atoms with E-state index in [-0.39, 0.29) is 30.0 Å². The van der Waals surface area contributed by atoms with Crippen molar-refractivity contribution in [2.24, 2.45) is 4.99 Å². The first-order valence-corrected chi connectivity index (χ1v) is 8.90. The van der Waals surface area contributed by atoms with Crippen LogP contribution in [0, 0.1) is 0 Å². The second-order valence-corrected chi connectivity index (χ2v) is 6.32. The van der Waals surface area contributed by atoms with Crippen molar-refractivity contribution in [1.29, 1.82) is 0 Å². The standard InChI is InChI=1S/C18H27F3N4O2.HI/c1-4-27-16-9-13(5-6-15(16)26-3)10-23-17(22-2)24-14-7-8-25(11-14)12-18(19,20)21;/h5-6,9,14H,4,7-8,10-12H2,1-3H3,(H2,22,23,24);1H. The fourth-order valence-corrected chi connectivity index (χ4v) is 3.02. The van der Waals surface area contributed by atoms with E-state index in [1.807, 2.05) is 25.1 Å². The Morgan fingerprint density at radius 2 is 2.07 bits per heavy atom. The number of ether oxygens (including phenoxy) is 2. The van der Waals surface area contributed by atoms with Crippen LogP contribution in [-0.4, -0.2) is 63.5 Å². The topological polar surface area (TPSA) is 58.1 Å². The molecule has 1 aliphatic rings. The Kier molecular flexibility index (Phi) is 10.1. The van der Waals surface area contributed by atoms with E-state index in [1.165, 1.54) is 4.90 Å². The lowest BCUT2D eigenvalue weighted by molar-refractivity contribution is -0.143. The maximum atomic E-state index is 12.5. The highest BCUT2D eigenvalue weighted by molar-refractivity contribution is 14.0. The molecule has 2 rings (SSSR count). The van der Waals surface area contributed by atoms with Crippen molar-refractivity contribution in [1.82, 2.24) is 15.5 Å². The van der Waals surface area contributed by atoms with Gasteiger partial charge in [-0.3, -0.25) is 9.89 Å². The van der Waals surface area contributed by atoms with Crippen LogP contribution in [0.25, 0.3) is 0 Å². The summed E-state index contributed by atoms with van der Waals surface area (Å²) in [7, 11) is 3.22. The first kappa shape index (κ1) is 24.6. The summed E-state index contributed by atoms with van der Waals surface area (Å²) in [5, 5.41) is 6.37. The number of halogens is 4. The van der Waals surface area contributed by atoms with E-state index in [4.69, 9.17) is 9.47 Å². The van der Waals surface area contributed by atoms with Gasteiger partial charge in [0.2, 0.25) is 0 Å². The van der Waals surface area contributed by atoms with Crippen molar-refractivity contribution in [3.8, 4) is 11.5 Å². The largest absolute Gasteiger partial charge is 0.493 e. The van der Waals surface area contributed by atoms with E-state index in [9.17, 15) is 13.2 Å². The van der Waals surface area contributed by atoms with Crippen molar-refractivity contribution < 1.29 is 22.6 Å². The number of hydrogen-bond acceptors (Lipinski definition) is 4. The molecular weight excluding hydrogens is 488 g/mol. The Bertz CT molecular complexity index is 644. The fraction of sp³-hybridized carbons (Fsp3) is 0.611.